The Morgan fingerprint density at radius 1 is 0.822 bits per heavy atom. The van der Waals surface area contributed by atoms with E-state index in [1.807, 2.05) is 17.0 Å². The van der Waals surface area contributed by atoms with Crippen molar-refractivity contribution in [1.29, 1.82) is 0 Å². The standard InChI is InChI=1S/C22H24ClN3O4.C11H9NO3/c1-22(29,14-26-20(27)16-5-3-4-6-17(16)21(26)28)25-11-9-24(10-12-25)18-13-15(23)7-8-19(18)30-2;13-10-8-3-1-2-4-9(8)11(14)12(10)5-7-6-15-7/h3-8,13,29H,9-12,14H2,1-2H3;1-4,7H,5-6H2. The number of halogens is 1. The van der Waals surface area contributed by atoms with Gasteiger partial charge >= 0.3 is 0 Å². The third-order valence-electron chi connectivity index (χ3n) is 8.45. The summed E-state index contributed by atoms with van der Waals surface area (Å²) in [6.07, 6.45) is 0.0483. The predicted octanol–water partition coefficient (Wildman–Crippen LogP) is 3.16. The molecule has 4 aliphatic rings. The average Bonchev–Trinajstić information content (AvgIpc) is 3.81. The molecule has 0 aromatic heterocycles. The maximum Gasteiger partial charge on any atom is 0.261 e. The molecule has 4 heterocycles. The summed E-state index contributed by atoms with van der Waals surface area (Å²) in [6, 6.07) is 19.1. The highest BCUT2D eigenvalue weighted by molar-refractivity contribution is 6.31. The van der Waals surface area contributed by atoms with Crippen LogP contribution < -0.4 is 9.64 Å². The van der Waals surface area contributed by atoms with Gasteiger partial charge in [0.05, 0.1) is 60.9 Å². The van der Waals surface area contributed by atoms with Crippen LogP contribution in [-0.4, -0.2) is 108 Å². The molecular formula is C33H33ClN4O7. The number of hydrogen-bond donors (Lipinski definition) is 1. The van der Waals surface area contributed by atoms with Crippen molar-refractivity contribution < 1.29 is 33.8 Å². The van der Waals surface area contributed by atoms with E-state index in [0.717, 1.165) is 16.3 Å². The minimum Gasteiger partial charge on any atom is -0.495 e. The molecule has 234 valence electrons. The van der Waals surface area contributed by atoms with Gasteiger partial charge in [-0.1, -0.05) is 35.9 Å². The molecule has 2 saturated heterocycles. The topological polar surface area (TPSA) is 123 Å². The number of β-amino-alcohol motifs (C(OH)–C–C–N with tert-alkyl or cyclic N) is 1. The number of imide groups is 2. The number of ether oxygens (including phenoxy) is 2. The third kappa shape index (κ3) is 6.04. The third-order valence-corrected chi connectivity index (χ3v) is 8.68. The first-order valence-corrected chi connectivity index (χ1v) is 15.0. The van der Waals surface area contributed by atoms with E-state index in [0.29, 0.717) is 66.6 Å². The Morgan fingerprint density at radius 3 is 1.78 bits per heavy atom. The number of epoxide rings is 1. The Bertz CT molecular complexity index is 1600. The van der Waals surface area contributed by atoms with Crippen molar-refractivity contribution in [3.63, 3.8) is 0 Å². The first-order valence-electron chi connectivity index (χ1n) is 14.7. The lowest BCUT2D eigenvalue weighted by molar-refractivity contribution is -0.104. The van der Waals surface area contributed by atoms with Gasteiger partial charge in [-0.25, -0.2) is 0 Å². The maximum atomic E-state index is 12.6. The molecule has 7 rings (SSSR count). The maximum absolute atomic E-state index is 12.6. The molecule has 3 aromatic carbocycles. The van der Waals surface area contributed by atoms with Gasteiger partial charge in [0, 0.05) is 31.2 Å². The van der Waals surface area contributed by atoms with Gasteiger partial charge in [-0.3, -0.25) is 33.9 Å². The van der Waals surface area contributed by atoms with Gasteiger partial charge in [0.1, 0.15) is 11.5 Å². The smallest absolute Gasteiger partial charge is 0.261 e. The van der Waals surface area contributed by atoms with E-state index in [1.165, 1.54) is 4.90 Å². The van der Waals surface area contributed by atoms with E-state index < -0.39 is 5.72 Å². The number of carbonyl (C=O) groups is 4. The van der Waals surface area contributed by atoms with Crippen LogP contribution in [0.25, 0.3) is 0 Å². The van der Waals surface area contributed by atoms with Crippen LogP contribution in [0.1, 0.15) is 48.4 Å². The average molecular weight is 633 g/mol. The Balaban J connectivity index is 0.000000198. The summed E-state index contributed by atoms with van der Waals surface area (Å²) >= 11 is 6.15. The number of rotatable bonds is 7. The second-order valence-electron chi connectivity index (χ2n) is 11.5. The van der Waals surface area contributed by atoms with Crippen LogP contribution in [0, 0.1) is 0 Å². The predicted molar refractivity (Wildman–Crippen MR) is 166 cm³/mol. The molecule has 0 spiro atoms. The molecule has 1 N–H and O–H groups in total. The van der Waals surface area contributed by atoms with Gasteiger partial charge in [0.15, 0.2) is 0 Å². The van der Waals surface area contributed by atoms with Crippen LogP contribution >= 0.6 is 11.6 Å². The van der Waals surface area contributed by atoms with Crippen molar-refractivity contribution in [2.24, 2.45) is 0 Å². The number of piperazine rings is 1. The molecule has 0 aliphatic carbocycles. The summed E-state index contributed by atoms with van der Waals surface area (Å²) in [5.74, 6) is -0.390. The Labute approximate surface area is 265 Å². The number of methoxy groups -OCH3 is 1. The molecule has 45 heavy (non-hydrogen) atoms. The summed E-state index contributed by atoms with van der Waals surface area (Å²) in [5.41, 5.74) is 1.35. The van der Waals surface area contributed by atoms with Crippen LogP contribution in [0.2, 0.25) is 5.02 Å². The highest BCUT2D eigenvalue weighted by atomic mass is 35.5. The SMILES string of the molecule is COc1ccc(Cl)cc1N1CCN(C(C)(O)CN2C(=O)c3ccccc3C2=O)CC1.O=C1c2ccccc2C(=O)N1CC1CO1. The van der Waals surface area contributed by atoms with Gasteiger partial charge in [-0.2, -0.15) is 0 Å². The van der Waals surface area contributed by atoms with Crippen LogP contribution in [0.3, 0.4) is 0 Å². The van der Waals surface area contributed by atoms with Crippen LogP contribution in [-0.2, 0) is 4.74 Å². The fourth-order valence-electron chi connectivity index (χ4n) is 5.90. The largest absolute Gasteiger partial charge is 0.495 e. The molecule has 4 amide bonds. The number of aliphatic hydroxyl groups is 1. The van der Waals surface area contributed by atoms with E-state index >= 15 is 0 Å². The zero-order valence-electron chi connectivity index (χ0n) is 24.9. The van der Waals surface area contributed by atoms with E-state index in [-0.39, 0.29) is 36.3 Å². The normalized spacial score (nSPS) is 20.4. The van der Waals surface area contributed by atoms with Crippen molar-refractivity contribution in [2.75, 3.05) is 57.9 Å². The highest BCUT2D eigenvalue weighted by Gasteiger charge is 2.42. The monoisotopic (exact) mass is 632 g/mol. The summed E-state index contributed by atoms with van der Waals surface area (Å²) in [6.45, 7) is 5.01. The Morgan fingerprint density at radius 2 is 1.31 bits per heavy atom. The Kier molecular flexibility index (Phi) is 8.36. The van der Waals surface area contributed by atoms with E-state index in [1.54, 1.807) is 68.6 Å². The van der Waals surface area contributed by atoms with Gasteiger partial charge in [-0.15, -0.1) is 0 Å². The lowest BCUT2D eigenvalue weighted by atomic mass is 10.1. The zero-order valence-corrected chi connectivity index (χ0v) is 25.7. The molecule has 0 bridgehead atoms. The molecule has 12 heteroatoms. The van der Waals surface area contributed by atoms with Crippen molar-refractivity contribution in [2.45, 2.75) is 18.8 Å². The lowest BCUT2D eigenvalue weighted by Gasteiger charge is -2.44. The van der Waals surface area contributed by atoms with Crippen LogP contribution in [0.5, 0.6) is 5.75 Å². The van der Waals surface area contributed by atoms with Crippen molar-refractivity contribution in [1.82, 2.24) is 14.7 Å². The number of fused-ring (bicyclic) bond motifs is 2. The number of carbonyl (C=O) groups excluding carboxylic acids is 4. The molecule has 3 aromatic rings. The highest BCUT2D eigenvalue weighted by Crippen LogP contribution is 2.33. The molecule has 0 saturated carbocycles. The fraction of sp³-hybridized carbons (Fsp3) is 0.333. The minimum atomic E-state index is -1.34. The minimum absolute atomic E-state index is 0.0483. The molecule has 11 nitrogen and oxygen atoms in total. The van der Waals surface area contributed by atoms with E-state index in [4.69, 9.17) is 21.1 Å². The van der Waals surface area contributed by atoms with Gasteiger partial charge in [0.25, 0.3) is 23.6 Å². The zero-order chi connectivity index (χ0) is 31.9. The van der Waals surface area contributed by atoms with Gasteiger partial charge in [-0.05, 0) is 49.4 Å². The second kappa shape index (κ2) is 12.2. The second-order valence-corrected chi connectivity index (χ2v) is 11.9. The first-order chi connectivity index (χ1) is 21.6. The van der Waals surface area contributed by atoms with Crippen molar-refractivity contribution in [3.05, 3.63) is 94.0 Å². The number of benzene rings is 3. The number of nitrogens with zero attached hydrogens (tertiary/aromatic N) is 4. The van der Waals surface area contributed by atoms with Crippen LogP contribution in [0.15, 0.2) is 66.7 Å². The fourth-order valence-corrected chi connectivity index (χ4v) is 6.07. The molecular weight excluding hydrogens is 600 g/mol. The summed E-state index contributed by atoms with van der Waals surface area (Å²) < 4.78 is 10.5. The van der Waals surface area contributed by atoms with Gasteiger partial charge < -0.3 is 19.5 Å². The number of amides is 4. The van der Waals surface area contributed by atoms with Gasteiger partial charge in [0.2, 0.25) is 0 Å². The molecule has 2 fully saturated rings. The first kappa shape index (κ1) is 30.7. The molecule has 2 unspecified atom stereocenters. The summed E-state index contributed by atoms with van der Waals surface area (Å²) in [5, 5.41) is 11.8. The van der Waals surface area contributed by atoms with Crippen LogP contribution in [0.4, 0.5) is 5.69 Å². The summed E-state index contributed by atoms with van der Waals surface area (Å²) in [4.78, 5) is 55.4. The Hall–Kier alpha value is -4.29. The number of anilines is 1. The molecule has 2 atom stereocenters. The quantitative estimate of drug-likeness (QED) is 0.309. The summed E-state index contributed by atoms with van der Waals surface area (Å²) in [7, 11) is 1.62. The molecule has 4 aliphatic heterocycles. The van der Waals surface area contributed by atoms with Crippen molar-refractivity contribution >= 4 is 40.9 Å². The van der Waals surface area contributed by atoms with E-state index in [9.17, 15) is 24.3 Å². The molecule has 0 radical (unpaired) electrons. The lowest BCUT2D eigenvalue weighted by Crippen LogP contribution is -2.60. The number of hydrogen-bond acceptors (Lipinski definition) is 9. The van der Waals surface area contributed by atoms with Crippen molar-refractivity contribution in [3.8, 4) is 5.75 Å². The van der Waals surface area contributed by atoms with E-state index in [2.05, 4.69) is 4.90 Å².